The first kappa shape index (κ1) is 51.3. The van der Waals surface area contributed by atoms with Gasteiger partial charge in [-0.25, -0.2) is 19.2 Å². The number of aliphatic hydroxyl groups excluding tert-OH is 5. The molecule has 0 aliphatic carbocycles. The number of aliphatic hydroxyl groups is 5. The molecule has 400 valence electrons. The Kier molecular flexibility index (Phi) is 12.0. The molecule has 0 fully saturated rings. The third kappa shape index (κ3) is 7.22. The molecule has 5 aromatic rings. The molecular weight excluding hydrogens is 1030 g/mol. The molecule has 0 aromatic heterocycles. The summed E-state index contributed by atoms with van der Waals surface area (Å²) in [6, 6.07) is 0.897. The number of rotatable bonds is 5. The molecular formula is C46H36O30. The van der Waals surface area contributed by atoms with Crippen molar-refractivity contribution in [3.63, 3.8) is 0 Å². The minimum absolute atomic E-state index is 0.266. The van der Waals surface area contributed by atoms with Gasteiger partial charge in [-0.15, -0.1) is 0 Å². The monoisotopic (exact) mass is 1070 g/mol. The second-order valence-electron chi connectivity index (χ2n) is 17.3. The molecule has 0 spiro atoms. The van der Waals surface area contributed by atoms with Crippen molar-refractivity contribution in [3.05, 3.63) is 51.6 Å². The number of hydrogen-bond acceptors (Lipinski definition) is 30. The summed E-state index contributed by atoms with van der Waals surface area (Å²) in [6.45, 7) is -3.03. The first-order valence-electron chi connectivity index (χ1n) is 21.5. The highest BCUT2D eigenvalue weighted by Gasteiger charge is 2.58. The van der Waals surface area contributed by atoms with Crippen LogP contribution in [0, 0.1) is 0 Å². The van der Waals surface area contributed by atoms with E-state index < -0.39 is 251 Å². The molecule has 10 rings (SSSR count). The number of esters is 4. The van der Waals surface area contributed by atoms with E-state index >= 15 is 4.79 Å². The molecule has 9 unspecified atom stereocenters. The maximum absolute atomic E-state index is 15.4. The Morgan fingerprint density at radius 1 is 0.474 bits per heavy atom. The van der Waals surface area contributed by atoms with E-state index in [2.05, 4.69) is 0 Å². The van der Waals surface area contributed by atoms with E-state index in [0.717, 1.165) is 0 Å². The summed E-state index contributed by atoms with van der Waals surface area (Å²) >= 11 is 0. The predicted octanol–water partition coefficient (Wildman–Crippen LogP) is -1.14. The van der Waals surface area contributed by atoms with Crippen molar-refractivity contribution in [3.8, 4) is 120 Å². The number of carbonyl (C=O) groups is 5. The van der Waals surface area contributed by atoms with E-state index in [9.17, 15) is 121 Å². The lowest BCUT2D eigenvalue weighted by molar-refractivity contribution is -0.213. The predicted molar refractivity (Wildman–Crippen MR) is 235 cm³/mol. The lowest BCUT2D eigenvalue weighted by atomic mass is 9.74. The Balaban J connectivity index is 1.47. The molecule has 5 aromatic carbocycles. The van der Waals surface area contributed by atoms with Gasteiger partial charge in [-0.05, 0) is 18.2 Å². The van der Waals surface area contributed by atoms with Crippen LogP contribution in [0.3, 0.4) is 0 Å². The third-order valence-electron chi connectivity index (χ3n) is 13.1. The Morgan fingerprint density at radius 2 is 0.895 bits per heavy atom. The fraction of sp³-hybridized carbons (Fsp3) is 0.239. The molecule has 9 atom stereocenters. The number of ketones is 1. The van der Waals surface area contributed by atoms with E-state index in [1.165, 1.54) is 0 Å². The molecule has 5 aliphatic heterocycles. The number of phenols is 15. The molecule has 0 amide bonds. The zero-order valence-corrected chi connectivity index (χ0v) is 37.4. The van der Waals surface area contributed by atoms with Crippen molar-refractivity contribution in [1.82, 2.24) is 0 Å². The standard InChI is InChI=1S/C46H36O30/c47-4-12(51)27(55)36(64)35(63)23-20-22-19(33(61)38(66)34(20)62)18-21-17(31(59)37(65)32(18)60)16-8(3-11(50)26(54)30(16)58)43(68)73-13-5-72-42(67)6-1-9(48)24(52)28(56)14(6)15-7(2-10(49)25(53)29(15)57)44(69)74-39(13)41(76-46(21)71)40(23)75-45(22)70/h1-3,12-13,23,27,36,39-41,45,47-62,64-66,70H,4-5H2. The number of Topliss-reactive ketones (excluding diaryl/α,β-unsaturated/α-hetero) is 1. The number of ether oxygens (including phenoxy) is 5. The van der Waals surface area contributed by atoms with Crippen molar-refractivity contribution in [1.29, 1.82) is 0 Å². The Bertz CT molecular complexity index is 3440. The van der Waals surface area contributed by atoms with E-state index in [-0.39, 0.29) is 12.1 Å². The average Bonchev–Trinajstić information content (AvgIpc) is 3.50. The fourth-order valence-electron chi connectivity index (χ4n) is 9.53. The van der Waals surface area contributed by atoms with Crippen molar-refractivity contribution < 1.29 is 150 Å². The van der Waals surface area contributed by atoms with Crippen molar-refractivity contribution in [2.24, 2.45) is 0 Å². The van der Waals surface area contributed by atoms with Gasteiger partial charge in [-0.1, -0.05) is 0 Å². The van der Waals surface area contributed by atoms with Crippen LogP contribution in [-0.2, 0) is 28.5 Å². The minimum atomic E-state index is -3.04. The van der Waals surface area contributed by atoms with Crippen LogP contribution in [0.1, 0.15) is 64.8 Å². The number of aromatic hydroxyl groups is 15. The van der Waals surface area contributed by atoms with Crippen LogP contribution in [0.4, 0.5) is 0 Å². The smallest absolute Gasteiger partial charge is 0.340 e. The van der Waals surface area contributed by atoms with Gasteiger partial charge in [0.25, 0.3) is 0 Å². The number of phenolic OH excluding ortho intramolecular Hbond substituents is 15. The van der Waals surface area contributed by atoms with Gasteiger partial charge in [0, 0.05) is 44.5 Å². The van der Waals surface area contributed by atoms with Gasteiger partial charge in [0.05, 0.1) is 34.8 Å². The van der Waals surface area contributed by atoms with Crippen molar-refractivity contribution in [2.45, 2.75) is 54.9 Å². The molecule has 30 nitrogen and oxygen atoms in total. The summed E-state index contributed by atoms with van der Waals surface area (Å²) in [5.41, 5.74) is -16.0. The van der Waals surface area contributed by atoms with Crippen LogP contribution in [0.2, 0.25) is 0 Å². The van der Waals surface area contributed by atoms with Gasteiger partial charge >= 0.3 is 23.9 Å². The molecule has 20 N–H and O–H groups in total. The number of fused-ring (bicyclic) bond motifs is 7. The number of carbonyl (C=O) groups excluding carboxylic acids is 5. The van der Waals surface area contributed by atoms with Gasteiger partial charge in [0.1, 0.15) is 31.0 Å². The molecule has 76 heavy (non-hydrogen) atoms. The van der Waals surface area contributed by atoms with Crippen LogP contribution >= 0.6 is 0 Å². The zero-order valence-electron chi connectivity index (χ0n) is 37.4. The third-order valence-corrected chi connectivity index (χ3v) is 13.1. The summed E-state index contributed by atoms with van der Waals surface area (Å²) in [6.07, 6.45) is -22.8. The van der Waals surface area contributed by atoms with E-state index in [1.807, 2.05) is 0 Å². The quantitative estimate of drug-likeness (QED) is 0.0562. The Hall–Kier alpha value is -9.59. The normalized spacial score (nSPS) is 21.9. The van der Waals surface area contributed by atoms with Crippen LogP contribution in [-0.4, -0.2) is 188 Å². The molecule has 5 aliphatic rings. The Morgan fingerprint density at radius 3 is 1.41 bits per heavy atom. The number of cyclic esters (lactones) is 1. The van der Waals surface area contributed by atoms with E-state index in [1.54, 1.807) is 0 Å². The number of benzene rings is 5. The first-order valence-corrected chi connectivity index (χ1v) is 21.5. The lowest BCUT2D eigenvalue weighted by Gasteiger charge is -2.44. The van der Waals surface area contributed by atoms with Crippen LogP contribution in [0.5, 0.6) is 86.2 Å². The maximum atomic E-state index is 15.4. The number of hydrogen-bond donors (Lipinski definition) is 20. The van der Waals surface area contributed by atoms with Gasteiger partial charge in [-0.3, -0.25) is 4.79 Å². The molecule has 0 saturated heterocycles. The molecule has 5 heterocycles. The summed E-state index contributed by atoms with van der Waals surface area (Å²) in [7, 11) is 0. The first-order chi connectivity index (χ1) is 35.7. The van der Waals surface area contributed by atoms with Crippen LogP contribution in [0.15, 0.2) is 18.2 Å². The topological polar surface area (TPSA) is 536 Å². The lowest BCUT2D eigenvalue weighted by Crippen LogP contribution is -2.58. The highest BCUT2D eigenvalue weighted by molar-refractivity contribution is 6.14. The maximum Gasteiger partial charge on any atom is 0.340 e. The molecule has 0 saturated carbocycles. The van der Waals surface area contributed by atoms with Crippen molar-refractivity contribution >= 4 is 29.7 Å². The SMILES string of the molecule is O=C1OCC2OC(=O)c3cc(O)c(O)c(O)c3-c3c(O)c(O)c(O)c4c3C(=O)OC(C2OC(=O)c2cc(O)c(O)c(O)c2-c2c1cc(O)c(O)c2O)C1OC(O)c2c-4c(O)c(O)c(O)c2C1C(=O)C(O)C(O)C(O)CO. The fourth-order valence-corrected chi connectivity index (χ4v) is 9.53. The van der Waals surface area contributed by atoms with E-state index in [0.29, 0.717) is 6.07 Å². The highest BCUT2D eigenvalue weighted by Crippen LogP contribution is 2.63. The zero-order chi connectivity index (χ0) is 55.7. The second kappa shape index (κ2) is 17.8. The van der Waals surface area contributed by atoms with Gasteiger partial charge < -0.3 is 126 Å². The summed E-state index contributed by atoms with van der Waals surface area (Å²) in [4.78, 5) is 74.3. The molecule has 0 radical (unpaired) electrons. The summed E-state index contributed by atoms with van der Waals surface area (Å²) in [5, 5.41) is 222. The van der Waals surface area contributed by atoms with Gasteiger partial charge in [0.15, 0.2) is 87.9 Å². The van der Waals surface area contributed by atoms with E-state index in [4.69, 9.17) is 23.7 Å². The van der Waals surface area contributed by atoms with Crippen LogP contribution < -0.4 is 0 Å². The van der Waals surface area contributed by atoms with Crippen LogP contribution in [0.25, 0.3) is 33.4 Å². The average molecular weight is 1070 g/mol. The van der Waals surface area contributed by atoms with Gasteiger partial charge in [-0.2, -0.15) is 0 Å². The Labute approximate surface area is 418 Å². The summed E-state index contributed by atoms with van der Waals surface area (Å²) in [5.74, 6) is -37.0. The molecule has 30 heteroatoms. The second-order valence-corrected chi connectivity index (χ2v) is 17.3. The highest BCUT2D eigenvalue weighted by atomic mass is 16.7. The largest absolute Gasteiger partial charge is 0.504 e. The summed E-state index contributed by atoms with van der Waals surface area (Å²) < 4.78 is 28.5. The minimum Gasteiger partial charge on any atom is -0.504 e. The van der Waals surface area contributed by atoms with Crippen molar-refractivity contribution in [2.75, 3.05) is 13.2 Å². The molecule has 6 bridgehead atoms. The van der Waals surface area contributed by atoms with Gasteiger partial charge in [0.2, 0.25) is 28.7 Å².